The molecule has 2 heterocycles. The van der Waals surface area contributed by atoms with Crippen molar-refractivity contribution in [1.29, 1.82) is 0 Å². The maximum Gasteiger partial charge on any atom is 0.328 e. The van der Waals surface area contributed by atoms with Crippen LogP contribution in [0.5, 0.6) is 17.2 Å². The standard InChI is InChI=1S/C22H24ClN5O5S/c1-5-9-32-17-7-6-8-18(21(17)23)33-19-11-16-15(27(3)22(29)28(16)4)10-14(19)25-34(30,31)20-12-26(2)13-24-20/h6-8,10-13,25H,5,9H2,1-4H3. The first-order valence-electron chi connectivity index (χ1n) is 10.4. The van der Waals surface area contributed by atoms with E-state index in [-0.39, 0.29) is 32.9 Å². The van der Waals surface area contributed by atoms with Gasteiger partial charge in [-0.2, -0.15) is 8.42 Å². The van der Waals surface area contributed by atoms with Crippen LogP contribution in [0, 0.1) is 0 Å². The summed E-state index contributed by atoms with van der Waals surface area (Å²) in [6.45, 7) is 2.46. The Morgan fingerprint density at radius 3 is 2.38 bits per heavy atom. The van der Waals surface area contributed by atoms with Crippen molar-refractivity contribution < 1.29 is 17.9 Å². The molecule has 0 aliphatic rings. The van der Waals surface area contributed by atoms with Gasteiger partial charge < -0.3 is 14.0 Å². The minimum absolute atomic E-state index is 0.121. The summed E-state index contributed by atoms with van der Waals surface area (Å²) in [5.74, 6) is 0.876. The van der Waals surface area contributed by atoms with Crippen LogP contribution in [0.1, 0.15) is 13.3 Å². The van der Waals surface area contributed by atoms with Gasteiger partial charge in [-0.1, -0.05) is 24.6 Å². The lowest BCUT2D eigenvalue weighted by molar-refractivity contribution is 0.316. The van der Waals surface area contributed by atoms with Gasteiger partial charge in [0.2, 0.25) is 0 Å². The molecule has 0 saturated heterocycles. The zero-order valence-corrected chi connectivity index (χ0v) is 20.6. The van der Waals surface area contributed by atoms with E-state index < -0.39 is 10.0 Å². The number of hydrogen-bond donors (Lipinski definition) is 1. The normalized spacial score (nSPS) is 11.7. The van der Waals surface area contributed by atoms with Crippen molar-refractivity contribution in [1.82, 2.24) is 18.7 Å². The lowest BCUT2D eigenvalue weighted by Gasteiger charge is -2.16. The number of halogens is 1. The van der Waals surface area contributed by atoms with Crippen LogP contribution in [-0.4, -0.2) is 33.7 Å². The highest BCUT2D eigenvalue weighted by atomic mass is 35.5. The molecule has 4 aromatic rings. The lowest BCUT2D eigenvalue weighted by Crippen LogP contribution is -2.19. The summed E-state index contributed by atoms with van der Waals surface area (Å²) < 4.78 is 44.6. The molecule has 0 aliphatic carbocycles. The van der Waals surface area contributed by atoms with Crippen molar-refractivity contribution in [2.75, 3.05) is 11.3 Å². The van der Waals surface area contributed by atoms with E-state index >= 15 is 0 Å². The number of fused-ring (bicyclic) bond motifs is 1. The van der Waals surface area contributed by atoms with E-state index in [9.17, 15) is 13.2 Å². The highest BCUT2D eigenvalue weighted by Gasteiger charge is 2.22. The predicted molar refractivity (Wildman–Crippen MR) is 129 cm³/mol. The third kappa shape index (κ3) is 4.36. The molecule has 0 aliphatic heterocycles. The first kappa shape index (κ1) is 23.7. The predicted octanol–water partition coefficient (Wildman–Crippen LogP) is 3.65. The van der Waals surface area contributed by atoms with E-state index in [0.717, 1.165) is 6.42 Å². The molecule has 34 heavy (non-hydrogen) atoms. The van der Waals surface area contributed by atoms with Crippen LogP contribution in [0.15, 0.2) is 52.7 Å². The first-order chi connectivity index (χ1) is 16.1. The Morgan fingerprint density at radius 2 is 1.74 bits per heavy atom. The van der Waals surface area contributed by atoms with Crippen LogP contribution in [0.3, 0.4) is 0 Å². The van der Waals surface area contributed by atoms with Crippen molar-refractivity contribution in [2.24, 2.45) is 21.1 Å². The van der Waals surface area contributed by atoms with Gasteiger partial charge in [0.05, 0.1) is 29.7 Å². The Hall–Kier alpha value is -3.44. The number of rotatable bonds is 8. The summed E-state index contributed by atoms with van der Waals surface area (Å²) in [5, 5.41) is 0.0903. The van der Waals surface area contributed by atoms with Crippen molar-refractivity contribution >= 4 is 38.3 Å². The molecular formula is C22H24ClN5O5S. The SMILES string of the molecule is CCCOc1cccc(Oc2cc3c(cc2NS(=O)(=O)c2cn(C)cn2)n(C)c(=O)n3C)c1Cl. The van der Waals surface area contributed by atoms with Crippen LogP contribution in [-0.2, 0) is 31.2 Å². The molecule has 0 fully saturated rings. The van der Waals surface area contributed by atoms with Crippen LogP contribution in [0.4, 0.5) is 5.69 Å². The molecule has 10 nitrogen and oxygen atoms in total. The van der Waals surface area contributed by atoms with Crippen LogP contribution in [0.2, 0.25) is 5.02 Å². The average molecular weight is 506 g/mol. The minimum atomic E-state index is -4.04. The van der Waals surface area contributed by atoms with E-state index in [2.05, 4.69) is 9.71 Å². The number of sulfonamides is 1. The summed E-state index contributed by atoms with van der Waals surface area (Å²) in [5.41, 5.74) is 0.927. The Labute approximate surface area is 201 Å². The van der Waals surface area contributed by atoms with Gasteiger partial charge >= 0.3 is 5.69 Å². The Kier molecular flexibility index (Phi) is 6.32. The number of aromatic nitrogens is 4. The Bertz CT molecular complexity index is 1540. The number of anilines is 1. The molecule has 1 N–H and O–H groups in total. The third-order valence-electron chi connectivity index (χ3n) is 5.18. The number of hydrogen-bond acceptors (Lipinski definition) is 6. The van der Waals surface area contributed by atoms with Gasteiger partial charge in [0.25, 0.3) is 10.0 Å². The summed E-state index contributed by atoms with van der Waals surface area (Å²) in [6.07, 6.45) is 3.57. The molecule has 180 valence electrons. The average Bonchev–Trinajstić information content (AvgIpc) is 3.33. The van der Waals surface area contributed by atoms with Gasteiger partial charge in [-0.05, 0) is 24.6 Å². The van der Waals surface area contributed by atoms with Gasteiger partial charge in [0.15, 0.2) is 10.8 Å². The van der Waals surface area contributed by atoms with Crippen LogP contribution in [0.25, 0.3) is 11.0 Å². The van der Waals surface area contributed by atoms with Crippen molar-refractivity contribution in [3.05, 3.63) is 58.4 Å². The molecule has 0 radical (unpaired) electrons. The summed E-state index contributed by atoms with van der Waals surface area (Å²) in [4.78, 5) is 16.4. The molecule has 2 aromatic carbocycles. The molecule has 4 rings (SSSR count). The third-order valence-corrected chi connectivity index (χ3v) is 6.81. The second-order valence-corrected chi connectivity index (χ2v) is 9.75. The van der Waals surface area contributed by atoms with E-state index in [1.165, 1.54) is 32.3 Å². The largest absolute Gasteiger partial charge is 0.492 e. The summed E-state index contributed by atoms with van der Waals surface area (Å²) in [6, 6.07) is 8.22. The van der Waals surface area contributed by atoms with E-state index in [0.29, 0.717) is 23.4 Å². The maximum absolute atomic E-state index is 13.0. The number of imidazole rings is 2. The first-order valence-corrected chi connectivity index (χ1v) is 12.3. The molecule has 2 aromatic heterocycles. The molecule has 0 unspecified atom stereocenters. The number of aryl methyl sites for hydroxylation is 3. The quantitative estimate of drug-likeness (QED) is 0.391. The summed E-state index contributed by atoms with van der Waals surface area (Å²) >= 11 is 6.50. The molecule has 0 saturated carbocycles. The molecule has 12 heteroatoms. The van der Waals surface area contributed by atoms with E-state index in [4.69, 9.17) is 21.1 Å². The lowest BCUT2D eigenvalue weighted by atomic mass is 10.2. The fraction of sp³-hybridized carbons (Fsp3) is 0.273. The van der Waals surface area contributed by atoms with Gasteiger partial charge in [-0.25, -0.2) is 9.78 Å². The zero-order chi connectivity index (χ0) is 24.6. The maximum atomic E-state index is 13.0. The molecule has 0 bridgehead atoms. The van der Waals surface area contributed by atoms with E-state index in [1.807, 2.05) is 6.92 Å². The monoisotopic (exact) mass is 505 g/mol. The van der Waals surface area contributed by atoms with Crippen molar-refractivity contribution in [3.63, 3.8) is 0 Å². The zero-order valence-electron chi connectivity index (χ0n) is 19.1. The van der Waals surface area contributed by atoms with E-state index in [1.54, 1.807) is 45.4 Å². The van der Waals surface area contributed by atoms with Crippen LogP contribution < -0.4 is 19.9 Å². The smallest absolute Gasteiger partial charge is 0.328 e. The number of nitrogens with zero attached hydrogens (tertiary/aromatic N) is 4. The molecular weight excluding hydrogens is 482 g/mol. The minimum Gasteiger partial charge on any atom is -0.492 e. The Balaban J connectivity index is 1.83. The highest BCUT2D eigenvalue weighted by Crippen LogP contribution is 2.40. The van der Waals surface area contributed by atoms with Gasteiger partial charge in [0.1, 0.15) is 16.5 Å². The summed E-state index contributed by atoms with van der Waals surface area (Å²) in [7, 11) is 0.861. The van der Waals surface area contributed by atoms with Gasteiger partial charge in [-0.3, -0.25) is 13.9 Å². The van der Waals surface area contributed by atoms with Gasteiger partial charge in [0, 0.05) is 33.4 Å². The molecule has 0 amide bonds. The highest BCUT2D eigenvalue weighted by molar-refractivity contribution is 7.92. The molecule has 0 spiro atoms. The Morgan fingerprint density at radius 1 is 1.06 bits per heavy atom. The van der Waals surface area contributed by atoms with Crippen molar-refractivity contribution in [2.45, 2.75) is 18.4 Å². The van der Waals surface area contributed by atoms with Crippen molar-refractivity contribution in [3.8, 4) is 17.2 Å². The topological polar surface area (TPSA) is 109 Å². The number of nitrogens with one attached hydrogen (secondary N) is 1. The van der Waals surface area contributed by atoms with Crippen LogP contribution >= 0.6 is 11.6 Å². The second kappa shape index (κ2) is 9.07. The van der Waals surface area contributed by atoms with Gasteiger partial charge in [-0.15, -0.1) is 0 Å². The number of benzene rings is 2. The second-order valence-electron chi connectivity index (χ2n) is 7.74. The number of ether oxygens (including phenoxy) is 2. The fourth-order valence-corrected chi connectivity index (χ4v) is 4.69. The fourth-order valence-electron chi connectivity index (χ4n) is 3.43. The molecule has 0 atom stereocenters.